The molecule has 11 heteroatoms. The van der Waals surface area contributed by atoms with Crippen molar-refractivity contribution in [3.8, 4) is 17.1 Å². The lowest BCUT2D eigenvalue weighted by atomic mass is 10.00. The summed E-state index contributed by atoms with van der Waals surface area (Å²) in [5, 5.41) is 3.30. The molecule has 3 aromatic rings. The monoisotopic (exact) mass is 515 g/mol. The fourth-order valence-corrected chi connectivity index (χ4v) is 5.34. The molecule has 1 aromatic heterocycles. The number of anilines is 1. The third-order valence-electron chi connectivity index (χ3n) is 5.99. The Hall–Kier alpha value is -3.21. The van der Waals surface area contributed by atoms with Crippen LogP contribution in [0.5, 0.6) is 5.88 Å². The summed E-state index contributed by atoms with van der Waals surface area (Å²) in [5.74, 6) is -0.107. The number of aromatic nitrogens is 2. The number of carbonyl (C=O) groups is 1. The lowest BCUT2D eigenvalue weighted by Gasteiger charge is -2.24. The summed E-state index contributed by atoms with van der Waals surface area (Å²) in [5.41, 5.74) is 3.73. The minimum Gasteiger partial charge on any atom is -0.471 e. The first kappa shape index (κ1) is 24.9. The molecule has 9 nitrogen and oxygen atoms in total. The number of halogens is 1. The van der Waals surface area contributed by atoms with Gasteiger partial charge in [0.05, 0.1) is 17.1 Å². The van der Waals surface area contributed by atoms with Gasteiger partial charge < -0.3 is 15.0 Å². The van der Waals surface area contributed by atoms with Gasteiger partial charge in [0.15, 0.2) is 0 Å². The summed E-state index contributed by atoms with van der Waals surface area (Å²) in [6.45, 7) is 5.90. The van der Waals surface area contributed by atoms with Crippen LogP contribution in [-0.4, -0.2) is 61.5 Å². The number of hydrogen-bond donors (Lipinski definition) is 2. The van der Waals surface area contributed by atoms with Gasteiger partial charge >= 0.3 is 0 Å². The third-order valence-corrected chi connectivity index (χ3v) is 7.31. The average molecular weight is 516 g/mol. The Morgan fingerprint density at radius 2 is 1.80 bits per heavy atom. The van der Waals surface area contributed by atoms with E-state index >= 15 is 0 Å². The largest absolute Gasteiger partial charge is 0.471 e. The Bertz CT molecular complexity index is 1360. The van der Waals surface area contributed by atoms with Crippen molar-refractivity contribution in [3.05, 3.63) is 65.2 Å². The number of sulfonamides is 1. The number of nitrogens with one attached hydrogen (secondary N) is 2. The first-order valence-electron chi connectivity index (χ1n) is 11.1. The molecule has 1 amide bonds. The molecule has 2 aromatic carbocycles. The zero-order chi connectivity index (χ0) is 23.9. The fourth-order valence-electron chi connectivity index (χ4n) is 4.35. The van der Waals surface area contributed by atoms with Crippen LogP contribution in [0.15, 0.2) is 53.4 Å². The maximum Gasteiger partial charge on any atom is 0.264 e. The lowest BCUT2D eigenvalue weighted by Crippen LogP contribution is -2.40. The third kappa shape index (κ3) is 5.09. The molecule has 1 unspecified atom stereocenters. The maximum atomic E-state index is 13.2. The molecule has 1 fully saturated rings. The standard InChI is InChI=1S/C24H25N5O4S.ClH/c1-15-5-3-6-16(2)22(15)20-12-21-27-24(26-20)28-34(31,32)19-8-4-7-17(11-19)23(30)29-10-9-25-13-18(14-29)33-21;/h3-8,11-12,18,25H,9-10,13-14H2,1-2H3,(H,26,27,28);1H. The maximum absolute atomic E-state index is 13.2. The number of ether oxygens (including phenoxy) is 1. The summed E-state index contributed by atoms with van der Waals surface area (Å²) in [4.78, 5) is 23.7. The van der Waals surface area contributed by atoms with Gasteiger partial charge in [0.2, 0.25) is 11.8 Å². The predicted molar refractivity (Wildman–Crippen MR) is 135 cm³/mol. The van der Waals surface area contributed by atoms with Crippen LogP contribution in [0, 0.1) is 13.8 Å². The molecular weight excluding hydrogens is 490 g/mol. The molecule has 2 aliphatic rings. The molecule has 1 saturated heterocycles. The van der Waals surface area contributed by atoms with Crippen LogP contribution in [-0.2, 0) is 10.0 Å². The second kappa shape index (κ2) is 9.80. The number of rotatable bonds is 1. The molecule has 0 radical (unpaired) electrons. The topological polar surface area (TPSA) is 114 Å². The van der Waals surface area contributed by atoms with Gasteiger partial charge in [-0.25, -0.2) is 18.1 Å². The number of carbonyl (C=O) groups excluding carboxylic acids is 1. The van der Waals surface area contributed by atoms with Crippen LogP contribution < -0.4 is 14.8 Å². The molecule has 5 rings (SSSR count). The SMILES string of the molecule is Cc1cccc(C)c1-c1cc2nc(n1)NS(=O)(=O)c1cccc(c1)C(=O)N1CCNCC(C1)O2.Cl. The van der Waals surface area contributed by atoms with Crippen molar-refractivity contribution in [2.45, 2.75) is 24.8 Å². The number of aryl methyl sites for hydroxylation is 2. The number of benzene rings is 2. The van der Waals surface area contributed by atoms with Crippen molar-refractivity contribution in [1.29, 1.82) is 0 Å². The van der Waals surface area contributed by atoms with Crippen LogP contribution in [0.25, 0.3) is 11.3 Å². The number of amides is 1. The summed E-state index contributed by atoms with van der Waals surface area (Å²) in [7, 11) is -4.04. The van der Waals surface area contributed by atoms with E-state index in [1.807, 2.05) is 32.0 Å². The van der Waals surface area contributed by atoms with E-state index in [-0.39, 0.29) is 41.1 Å². The summed E-state index contributed by atoms with van der Waals surface area (Å²) < 4.78 is 35.0. The van der Waals surface area contributed by atoms with Crippen LogP contribution in [0.1, 0.15) is 21.5 Å². The number of hydrogen-bond acceptors (Lipinski definition) is 7. The molecule has 1 atom stereocenters. The summed E-state index contributed by atoms with van der Waals surface area (Å²) in [6, 6.07) is 13.6. The van der Waals surface area contributed by atoms with Crippen LogP contribution >= 0.6 is 12.4 Å². The first-order valence-corrected chi connectivity index (χ1v) is 12.5. The van der Waals surface area contributed by atoms with E-state index in [9.17, 15) is 13.2 Å². The predicted octanol–water partition coefficient (Wildman–Crippen LogP) is 2.79. The Morgan fingerprint density at radius 3 is 2.57 bits per heavy atom. The molecule has 184 valence electrons. The van der Waals surface area contributed by atoms with Crippen LogP contribution in [0.4, 0.5) is 5.95 Å². The highest BCUT2D eigenvalue weighted by molar-refractivity contribution is 7.92. The van der Waals surface area contributed by atoms with Gasteiger partial charge in [-0.15, -0.1) is 12.4 Å². The van der Waals surface area contributed by atoms with E-state index in [2.05, 4.69) is 20.0 Å². The van der Waals surface area contributed by atoms with E-state index < -0.39 is 10.0 Å². The van der Waals surface area contributed by atoms with Crippen LogP contribution in [0.3, 0.4) is 0 Å². The molecule has 3 heterocycles. The number of nitrogens with zero attached hydrogens (tertiary/aromatic N) is 3. The zero-order valence-corrected chi connectivity index (χ0v) is 20.9. The Morgan fingerprint density at radius 1 is 1.06 bits per heavy atom. The number of fused-ring (bicyclic) bond motifs is 6. The van der Waals surface area contributed by atoms with E-state index in [0.29, 0.717) is 37.4 Å². The second-order valence-corrected chi connectivity index (χ2v) is 10.2. The summed E-state index contributed by atoms with van der Waals surface area (Å²) in [6.07, 6.45) is -0.374. The van der Waals surface area contributed by atoms with Crippen molar-refractivity contribution in [2.24, 2.45) is 0 Å². The van der Waals surface area contributed by atoms with Gasteiger partial charge in [-0.2, -0.15) is 4.98 Å². The van der Waals surface area contributed by atoms with Crippen molar-refractivity contribution >= 4 is 34.3 Å². The average Bonchev–Trinajstić information content (AvgIpc) is 3.03. The van der Waals surface area contributed by atoms with Crippen molar-refractivity contribution < 1.29 is 17.9 Å². The van der Waals surface area contributed by atoms with Crippen molar-refractivity contribution in [3.63, 3.8) is 0 Å². The minimum absolute atomic E-state index is 0. The van der Waals surface area contributed by atoms with E-state index in [0.717, 1.165) is 16.7 Å². The second-order valence-electron chi connectivity index (χ2n) is 8.51. The molecule has 0 aliphatic carbocycles. The van der Waals surface area contributed by atoms with Crippen molar-refractivity contribution in [1.82, 2.24) is 20.2 Å². The highest BCUT2D eigenvalue weighted by atomic mass is 35.5. The molecule has 2 N–H and O–H groups in total. The molecule has 0 saturated carbocycles. The highest BCUT2D eigenvalue weighted by Crippen LogP contribution is 2.30. The van der Waals surface area contributed by atoms with Gasteiger partial charge in [-0.1, -0.05) is 24.3 Å². The molecular formula is C24H26ClN5O4S. The first-order chi connectivity index (χ1) is 16.3. The highest BCUT2D eigenvalue weighted by Gasteiger charge is 2.27. The Kier molecular flexibility index (Phi) is 6.98. The minimum atomic E-state index is -4.04. The van der Waals surface area contributed by atoms with Crippen LogP contribution in [0.2, 0.25) is 0 Å². The van der Waals surface area contributed by atoms with Crippen molar-refractivity contribution in [2.75, 3.05) is 30.9 Å². The molecule has 35 heavy (non-hydrogen) atoms. The zero-order valence-electron chi connectivity index (χ0n) is 19.3. The van der Waals surface area contributed by atoms with E-state index in [4.69, 9.17) is 4.74 Å². The Balaban J connectivity index is 0.00000289. The van der Waals surface area contributed by atoms with Gasteiger partial charge in [0.1, 0.15) is 6.10 Å². The smallest absolute Gasteiger partial charge is 0.264 e. The Labute approximate surface area is 210 Å². The summed E-state index contributed by atoms with van der Waals surface area (Å²) >= 11 is 0. The lowest BCUT2D eigenvalue weighted by molar-refractivity contribution is 0.0693. The van der Waals surface area contributed by atoms with E-state index in [1.165, 1.54) is 12.1 Å². The van der Waals surface area contributed by atoms with Gasteiger partial charge in [-0.05, 0) is 43.2 Å². The van der Waals surface area contributed by atoms with Gasteiger partial charge in [-0.3, -0.25) is 4.79 Å². The van der Waals surface area contributed by atoms with Gasteiger partial charge in [0.25, 0.3) is 15.9 Å². The molecule has 0 spiro atoms. The van der Waals surface area contributed by atoms with Gasteiger partial charge in [0, 0.05) is 36.8 Å². The molecule has 6 bridgehead atoms. The quantitative estimate of drug-likeness (QED) is 0.512. The normalized spacial score (nSPS) is 19.0. The van der Waals surface area contributed by atoms with E-state index in [1.54, 1.807) is 23.1 Å². The fraction of sp³-hybridized carbons (Fsp3) is 0.292. The molecule has 2 aliphatic heterocycles.